The van der Waals surface area contributed by atoms with Crippen molar-refractivity contribution in [3.8, 4) is 0 Å². The lowest BCUT2D eigenvalue weighted by atomic mass is 9.95. The maximum absolute atomic E-state index is 13.5. The van der Waals surface area contributed by atoms with Crippen molar-refractivity contribution in [3.05, 3.63) is 70.8 Å². The average molecular weight is 354 g/mol. The highest BCUT2D eigenvalue weighted by molar-refractivity contribution is 6.46. The fraction of sp³-hybridized carbons (Fsp3) is 0.250. The van der Waals surface area contributed by atoms with Crippen molar-refractivity contribution in [1.82, 2.24) is 9.88 Å². The molecule has 2 aromatic rings. The number of carbonyl (C=O) groups excluding carboxylic acids is 2. The largest absolute Gasteiger partial charge is 0.507 e. The van der Waals surface area contributed by atoms with Crippen LogP contribution < -0.4 is 0 Å². The van der Waals surface area contributed by atoms with Crippen molar-refractivity contribution in [2.24, 2.45) is 0 Å². The predicted octanol–water partition coefficient (Wildman–Crippen LogP) is 3.36. The minimum Gasteiger partial charge on any atom is -0.507 e. The van der Waals surface area contributed by atoms with Crippen LogP contribution in [0.3, 0.4) is 0 Å². The van der Waals surface area contributed by atoms with E-state index in [4.69, 9.17) is 0 Å². The van der Waals surface area contributed by atoms with Gasteiger partial charge in [-0.05, 0) is 48.7 Å². The number of rotatable bonds is 4. The molecule has 0 aliphatic carbocycles. The summed E-state index contributed by atoms with van der Waals surface area (Å²) in [5.74, 6) is -2.11. The number of aliphatic hydroxyl groups excluding tert-OH is 1. The summed E-state index contributed by atoms with van der Waals surface area (Å²) in [4.78, 5) is 30.6. The van der Waals surface area contributed by atoms with Crippen LogP contribution in [0.2, 0.25) is 0 Å². The Kier molecular flexibility index (Phi) is 4.84. The molecular weight excluding hydrogens is 335 g/mol. The summed E-state index contributed by atoms with van der Waals surface area (Å²) in [6.07, 6.45) is 3.83. The smallest absolute Gasteiger partial charge is 0.295 e. The number of halogens is 1. The van der Waals surface area contributed by atoms with Crippen LogP contribution in [0, 0.1) is 12.7 Å². The molecule has 1 aliphatic heterocycles. The van der Waals surface area contributed by atoms with Gasteiger partial charge in [0.25, 0.3) is 11.7 Å². The van der Waals surface area contributed by atoms with Crippen LogP contribution in [0.25, 0.3) is 5.76 Å². The molecule has 0 radical (unpaired) electrons. The van der Waals surface area contributed by atoms with Crippen molar-refractivity contribution in [3.63, 3.8) is 0 Å². The molecule has 6 heteroatoms. The Morgan fingerprint density at radius 3 is 2.69 bits per heavy atom. The van der Waals surface area contributed by atoms with Gasteiger partial charge in [-0.2, -0.15) is 0 Å². The van der Waals surface area contributed by atoms with Gasteiger partial charge < -0.3 is 10.0 Å². The summed E-state index contributed by atoms with van der Waals surface area (Å²) < 4.78 is 13.5. The standard InChI is InChI=1S/C20H19FN2O3/c1-3-9-23-17(14-5-4-8-22-11-14)16(19(25)20(23)26)18(24)13-6-7-15(21)12(2)10-13/h4-8,10-11,17,24H,3,9H2,1-2H3/b18-16-. The summed E-state index contributed by atoms with van der Waals surface area (Å²) in [7, 11) is 0. The van der Waals surface area contributed by atoms with Crippen LogP contribution in [0.1, 0.15) is 36.1 Å². The van der Waals surface area contributed by atoms with Gasteiger partial charge in [0, 0.05) is 24.5 Å². The van der Waals surface area contributed by atoms with Gasteiger partial charge in [-0.3, -0.25) is 14.6 Å². The second-order valence-corrected chi connectivity index (χ2v) is 6.24. The van der Waals surface area contributed by atoms with Gasteiger partial charge in [0.1, 0.15) is 11.6 Å². The molecule has 3 rings (SSSR count). The Hall–Kier alpha value is -3.02. The zero-order chi connectivity index (χ0) is 18.8. The van der Waals surface area contributed by atoms with Crippen LogP contribution in [0.4, 0.5) is 4.39 Å². The number of ketones is 1. The molecule has 1 fully saturated rings. The molecule has 1 N–H and O–H groups in total. The topological polar surface area (TPSA) is 70.5 Å². The molecule has 0 saturated carbocycles. The Morgan fingerprint density at radius 1 is 1.31 bits per heavy atom. The van der Waals surface area contributed by atoms with Crippen LogP contribution >= 0.6 is 0 Å². The minimum atomic E-state index is -0.744. The molecule has 2 heterocycles. The molecular formula is C20H19FN2O3. The quantitative estimate of drug-likeness (QED) is 0.519. The Balaban J connectivity index is 2.19. The van der Waals surface area contributed by atoms with Gasteiger partial charge >= 0.3 is 0 Å². The first kappa shape index (κ1) is 17.8. The third-order valence-electron chi connectivity index (χ3n) is 4.44. The van der Waals surface area contributed by atoms with Crippen molar-refractivity contribution in [2.75, 3.05) is 6.54 Å². The highest BCUT2D eigenvalue weighted by Gasteiger charge is 2.45. The van der Waals surface area contributed by atoms with E-state index >= 15 is 0 Å². The second-order valence-electron chi connectivity index (χ2n) is 6.24. The number of aryl methyl sites for hydroxylation is 1. The van der Waals surface area contributed by atoms with Gasteiger partial charge in [-0.25, -0.2) is 4.39 Å². The molecule has 1 amide bonds. The number of hydrogen-bond donors (Lipinski definition) is 1. The second kappa shape index (κ2) is 7.07. The maximum Gasteiger partial charge on any atom is 0.295 e. The number of likely N-dealkylation sites (tertiary alicyclic amines) is 1. The Morgan fingerprint density at radius 2 is 2.08 bits per heavy atom. The molecule has 1 saturated heterocycles. The molecule has 5 nitrogen and oxygen atoms in total. The van der Waals surface area contributed by atoms with E-state index in [0.29, 0.717) is 29.7 Å². The monoisotopic (exact) mass is 354 g/mol. The van der Waals surface area contributed by atoms with Gasteiger partial charge in [0.05, 0.1) is 11.6 Å². The zero-order valence-corrected chi connectivity index (χ0v) is 14.6. The number of carbonyl (C=O) groups is 2. The van der Waals surface area contributed by atoms with Crippen molar-refractivity contribution in [1.29, 1.82) is 0 Å². The SMILES string of the molecule is CCCN1C(=O)C(=O)/C(=C(\O)c2ccc(F)c(C)c2)C1c1cccnc1. The summed E-state index contributed by atoms with van der Waals surface area (Å²) in [6, 6.07) is 6.84. The predicted molar refractivity (Wildman–Crippen MR) is 94.7 cm³/mol. The number of Topliss-reactive ketones (excluding diaryl/α,β-unsaturated/α-hetero) is 1. The lowest BCUT2D eigenvalue weighted by Crippen LogP contribution is -2.30. The van der Waals surface area contributed by atoms with Gasteiger partial charge in [0.2, 0.25) is 0 Å². The molecule has 1 aromatic heterocycles. The van der Waals surface area contributed by atoms with Crippen molar-refractivity contribution in [2.45, 2.75) is 26.3 Å². The van der Waals surface area contributed by atoms with E-state index in [9.17, 15) is 19.1 Å². The summed E-state index contributed by atoms with van der Waals surface area (Å²) in [5, 5.41) is 10.8. The zero-order valence-electron chi connectivity index (χ0n) is 14.6. The molecule has 1 atom stereocenters. The van der Waals surface area contributed by atoms with Gasteiger partial charge in [0.15, 0.2) is 0 Å². The van der Waals surface area contributed by atoms with E-state index in [0.717, 1.165) is 0 Å². The van der Waals surface area contributed by atoms with E-state index in [1.54, 1.807) is 31.5 Å². The normalized spacial score (nSPS) is 19.2. The third kappa shape index (κ3) is 2.98. The number of hydrogen-bond acceptors (Lipinski definition) is 4. The first-order chi connectivity index (χ1) is 12.5. The molecule has 0 spiro atoms. The minimum absolute atomic E-state index is 0.00228. The molecule has 1 unspecified atom stereocenters. The Labute approximate surface area is 150 Å². The van der Waals surface area contributed by atoms with E-state index in [1.807, 2.05) is 6.92 Å². The van der Waals surface area contributed by atoms with Gasteiger partial charge in [-0.15, -0.1) is 0 Å². The lowest BCUT2D eigenvalue weighted by molar-refractivity contribution is -0.139. The maximum atomic E-state index is 13.5. The molecule has 0 bridgehead atoms. The van der Waals surface area contributed by atoms with Crippen LogP contribution in [0.5, 0.6) is 0 Å². The van der Waals surface area contributed by atoms with E-state index in [-0.39, 0.29) is 11.3 Å². The number of pyridine rings is 1. The molecule has 1 aromatic carbocycles. The summed E-state index contributed by atoms with van der Waals surface area (Å²) in [6.45, 7) is 3.85. The number of benzene rings is 1. The van der Waals surface area contributed by atoms with E-state index < -0.39 is 23.5 Å². The van der Waals surface area contributed by atoms with Crippen molar-refractivity contribution >= 4 is 17.4 Å². The summed E-state index contributed by atoms with van der Waals surface area (Å²) in [5.41, 5.74) is 1.28. The van der Waals surface area contributed by atoms with Crippen LogP contribution in [-0.2, 0) is 9.59 Å². The lowest BCUT2D eigenvalue weighted by Gasteiger charge is -2.24. The van der Waals surface area contributed by atoms with E-state index in [2.05, 4.69) is 4.98 Å². The molecule has 1 aliphatic rings. The van der Waals surface area contributed by atoms with Crippen LogP contribution in [-0.4, -0.2) is 33.2 Å². The van der Waals surface area contributed by atoms with Crippen LogP contribution in [0.15, 0.2) is 48.3 Å². The first-order valence-corrected chi connectivity index (χ1v) is 8.40. The highest BCUT2D eigenvalue weighted by atomic mass is 19.1. The number of nitrogens with zero attached hydrogens (tertiary/aromatic N) is 2. The first-order valence-electron chi connectivity index (χ1n) is 8.40. The number of aliphatic hydroxyl groups is 1. The average Bonchev–Trinajstić information content (AvgIpc) is 2.89. The molecule has 134 valence electrons. The third-order valence-corrected chi connectivity index (χ3v) is 4.44. The number of amides is 1. The Bertz CT molecular complexity index is 893. The fourth-order valence-corrected chi connectivity index (χ4v) is 3.18. The molecule has 26 heavy (non-hydrogen) atoms. The fourth-order valence-electron chi connectivity index (χ4n) is 3.18. The van der Waals surface area contributed by atoms with Gasteiger partial charge in [-0.1, -0.05) is 13.0 Å². The summed E-state index contributed by atoms with van der Waals surface area (Å²) >= 11 is 0. The highest BCUT2D eigenvalue weighted by Crippen LogP contribution is 2.39. The van der Waals surface area contributed by atoms with E-state index in [1.165, 1.54) is 23.1 Å². The number of aromatic nitrogens is 1. The van der Waals surface area contributed by atoms with Crippen molar-refractivity contribution < 1.29 is 19.1 Å².